The summed E-state index contributed by atoms with van der Waals surface area (Å²) >= 11 is 0. The molecule has 1 N–H and O–H groups in total. The first-order valence-electron chi connectivity index (χ1n) is 5.83. The lowest BCUT2D eigenvalue weighted by atomic mass is 9.94. The summed E-state index contributed by atoms with van der Waals surface area (Å²) in [5.41, 5.74) is -1.14. The lowest BCUT2D eigenvalue weighted by Gasteiger charge is -2.31. The van der Waals surface area contributed by atoms with Gasteiger partial charge in [-0.1, -0.05) is 6.92 Å². The van der Waals surface area contributed by atoms with E-state index < -0.39 is 24.3 Å². The normalized spacial score (nSPS) is 19.4. The van der Waals surface area contributed by atoms with Crippen molar-refractivity contribution < 1.29 is 27.4 Å². The number of alkyl halides is 3. The smallest absolute Gasteiger partial charge is 0.411 e. The van der Waals surface area contributed by atoms with Crippen molar-refractivity contribution in [3.63, 3.8) is 0 Å². The predicted molar refractivity (Wildman–Crippen MR) is 58.0 cm³/mol. The number of carbonyl (C=O) groups is 1. The van der Waals surface area contributed by atoms with E-state index in [9.17, 15) is 18.0 Å². The molecule has 0 radical (unpaired) electrons. The summed E-state index contributed by atoms with van der Waals surface area (Å²) in [4.78, 5) is 11.8. The van der Waals surface area contributed by atoms with Gasteiger partial charge in [0, 0.05) is 0 Å². The molecule has 106 valence electrons. The summed E-state index contributed by atoms with van der Waals surface area (Å²) in [6.07, 6.45) is -2.81. The van der Waals surface area contributed by atoms with Crippen LogP contribution in [0, 0.1) is 5.92 Å². The number of nitrogens with one attached hydrogen (secondary N) is 1. The topological polar surface area (TPSA) is 47.6 Å². The molecule has 1 aliphatic carbocycles. The van der Waals surface area contributed by atoms with Gasteiger partial charge < -0.3 is 9.47 Å². The van der Waals surface area contributed by atoms with Crippen LogP contribution in [0.1, 0.15) is 19.8 Å². The first-order valence-corrected chi connectivity index (χ1v) is 5.83. The van der Waals surface area contributed by atoms with Gasteiger partial charge in [0.05, 0.1) is 13.7 Å². The minimum atomic E-state index is -4.39. The molecular formula is C11H18F3NO3. The number of hydrogen-bond donors (Lipinski definition) is 1. The highest BCUT2D eigenvalue weighted by atomic mass is 19.4. The zero-order chi connectivity index (χ0) is 13.8. The molecule has 1 atom stereocenters. The zero-order valence-corrected chi connectivity index (χ0v) is 10.5. The predicted octanol–water partition coefficient (Wildman–Crippen LogP) is 1.50. The summed E-state index contributed by atoms with van der Waals surface area (Å²) in [6.45, 7) is 0.562. The molecule has 1 unspecified atom stereocenters. The molecule has 0 aromatic rings. The maximum atomic E-state index is 12.1. The van der Waals surface area contributed by atoms with Crippen LogP contribution in [0.2, 0.25) is 0 Å². The van der Waals surface area contributed by atoms with E-state index >= 15 is 0 Å². The van der Waals surface area contributed by atoms with Crippen molar-refractivity contribution in [2.24, 2.45) is 5.92 Å². The highest BCUT2D eigenvalue weighted by molar-refractivity contribution is 5.82. The number of hydrogen-bond acceptors (Lipinski definition) is 4. The van der Waals surface area contributed by atoms with Crippen LogP contribution in [0.4, 0.5) is 13.2 Å². The zero-order valence-electron chi connectivity index (χ0n) is 10.5. The number of rotatable bonds is 7. The molecule has 1 fully saturated rings. The molecule has 0 spiro atoms. The Kier molecular flexibility index (Phi) is 4.98. The van der Waals surface area contributed by atoms with Crippen LogP contribution in [-0.2, 0) is 14.3 Å². The van der Waals surface area contributed by atoms with E-state index in [-0.39, 0.29) is 12.5 Å². The molecule has 4 nitrogen and oxygen atoms in total. The quantitative estimate of drug-likeness (QED) is 0.711. The van der Waals surface area contributed by atoms with Crippen molar-refractivity contribution in [1.29, 1.82) is 0 Å². The molecule has 0 bridgehead atoms. The lowest BCUT2D eigenvalue weighted by Crippen LogP contribution is -2.58. The molecule has 1 rings (SSSR count). The van der Waals surface area contributed by atoms with Crippen LogP contribution in [-0.4, -0.2) is 44.6 Å². The number of halogens is 3. The van der Waals surface area contributed by atoms with Gasteiger partial charge in [0.25, 0.3) is 0 Å². The minimum absolute atomic E-state index is 0.0156. The van der Waals surface area contributed by atoms with Crippen LogP contribution in [0.25, 0.3) is 0 Å². The minimum Gasteiger partial charge on any atom is -0.468 e. The van der Waals surface area contributed by atoms with E-state index in [0.29, 0.717) is 6.54 Å². The SMILES string of the molecule is CCNC(COCC(F)(F)F)(C(=O)OC)C1CC1. The molecule has 0 aromatic carbocycles. The molecule has 7 heteroatoms. The Balaban J connectivity index is 2.67. The fraction of sp³-hybridized carbons (Fsp3) is 0.909. The van der Waals surface area contributed by atoms with Crippen molar-refractivity contribution >= 4 is 5.97 Å². The molecule has 0 aliphatic heterocycles. The van der Waals surface area contributed by atoms with E-state index in [2.05, 4.69) is 14.8 Å². The maximum Gasteiger partial charge on any atom is 0.411 e. The Morgan fingerprint density at radius 2 is 1.94 bits per heavy atom. The van der Waals surface area contributed by atoms with Gasteiger partial charge in [0.2, 0.25) is 0 Å². The van der Waals surface area contributed by atoms with Crippen LogP contribution < -0.4 is 5.32 Å². The summed E-state index contributed by atoms with van der Waals surface area (Å²) in [6, 6.07) is 0. The van der Waals surface area contributed by atoms with Gasteiger partial charge in [-0.2, -0.15) is 13.2 Å². The molecule has 1 saturated carbocycles. The fourth-order valence-corrected chi connectivity index (χ4v) is 2.01. The number of likely N-dealkylation sites (N-methyl/N-ethyl adjacent to an activating group) is 1. The second-order valence-electron chi connectivity index (χ2n) is 4.38. The van der Waals surface area contributed by atoms with E-state index in [1.807, 2.05) is 0 Å². The van der Waals surface area contributed by atoms with Gasteiger partial charge in [-0.3, -0.25) is 5.32 Å². The average Bonchev–Trinajstić information content (AvgIpc) is 3.09. The lowest BCUT2D eigenvalue weighted by molar-refractivity contribution is -0.184. The van der Waals surface area contributed by atoms with E-state index in [1.54, 1.807) is 6.92 Å². The Labute approximate surface area is 104 Å². The van der Waals surface area contributed by atoms with E-state index in [4.69, 9.17) is 0 Å². The Hall–Kier alpha value is -0.820. The fourth-order valence-electron chi connectivity index (χ4n) is 2.01. The number of carbonyl (C=O) groups excluding carboxylic acids is 1. The molecular weight excluding hydrogens is 251 g/mol. The van der Waals surface area contributed by atoms with Crippen molar-refractivity contribution in [1.82, 2.24) is 5.32 Å². The third-order valence-corrected chi connectivity index (χ3v) is 2.91. The Morgan fingerprint density at radius 1 is 1.33 bits per heavy atom. The largest absolute Gasteiger partial charge is 0.468 e. The van der Waals surface area contributed by atoms with Crippen molar-refractivity contribution in [3.8, 4) is 0 Å². The van der Waals surface area contributed by atoms with E-state index in [0.717, 1.165) is 12.8 Å². The van der Waals surface area contributed by atoms with E-state index in [1.165, 1.54) is 7.11 Å². The number of ether oxygens (including phenoxy) is 2. The summed E-state index contributed by atoms with van der Waals surface area (Å²) < 4.78 is 45.5. The average molecular weight is 269 g/mol. The monoisotopic (exact) mass is 269 g/mol. The summed E-state index contributed by atoms with van der Waals surface area (Å²) in [7, 11) is 1.22. The van der Waals surface area contributed by atoms with Crippen LogP contribution in [0.3, 0.4) is 0 Å². The van der Waals surface area contributed by atoms with Crippen LogP contribution in [0.15, 0.2) is 0 Å². The van der Waals surface area contributed by atoms with Crippen molar-refractivity contribution in [2.45, 2.75) is 31.5 Å². The highest BCUT2D eigenvalue weighted by Crippen LogP contribution is 2.40. The van der Waals surface area contributed by atoms with Crippen molar-refractivity contribution in [2.75, 3.05) is 26.9 Å². The van der Waals surface area contributed by atoms with Gasteiger partial charge in [0.15, 0.2) is 0 Å². The summed E-state index contributed by atoms with van der Waals surface area (Å²) in [5, 5.41) is 2.93. The third kappa shape index (κ3) is 3.84. The van der Waals surface area contributed by atoms with Gasteiger partial charge in [-0.05, 0) is 25.3 Å². The van der Waals surface area contributed by atoms with Crippen molar-refractivity contribution in [3.05, 3.63) is 0 Å². The van der Waals surface area contributed by atoms with Crippen LogP contribution >= 0.6 is 0 Å². The molecule has 0 amide bonds. The molecule has 1 aliphatic rings. The standard InChI is InChI=1S/C11H18F3NO3/c1-3-15-10(8-4-5-8,9(16)17-2)6-18-7-11(12,13)14/h8,15H,3-7H2,1-2H3. The number of esters is 1. The number of methoxy groups -OCH3 is 1. The Bertz CT molecular complexity index is 292. The first kappa shape index (κ1) is 15.2. The molecule has 18 heavy (non-hydrogen) atoms. The molecule has 0 aromatic heterocycles. The summed E-state index contributed by atoms with van der Waals surface area (Å²) in [5.74, 6) is -0.577. The highest BCUT2D eigenvalue weighted by Gasteiger charge is 2.52. The third-order valence-electron chi connectivity index (χ3n) is 2.91. The van der Waals surface area contributed by atoms with Gasteiger partial charge >= 0.3 is 12.1 Å². The van der Waals surface area contributed by atoms with Gasteiger partial charge in [-0.15, -0.1) is 0 Å². The van der Waals surface area contributed by atoms with Crippen LogP contribution in [0.5, 0.6) is 0 Å². The second kappa shape index (κ2) is 5.88. The second-order valence-corrected chi connectivity index (χ2v) is 4.38. The first-order chi connectivity index (χ1) is 8.35. The van der Waals surface area contributed by atoms with Gasteiger partial charge in [-0.25, -0.2) is 4.79 Å². The molecule has 0 saturated heterocycles. The molecule has 0 heterocycles. The maximum absolute atomic E-state index is 12.1. The van der Waals surface area contributed by atoms with Gasteiger partial charge in [0.1, 0.15) is 12.1 Å². The Morgan fingerprint density at radius 3 is 2.33 bits per heavy atom.